The first-order valence-electron chi connectivity index (χ1n) is 4.45. The summed E-state index contributed by atoms with van der Waals surface area (Å²) in [6.07, 6.45) is 1.77. The Hall–Kier alpha value is -0.740. The summed E-state index contributed by atoms with van der Waals surface area (Å²) in [4.78, 5) is 0. The van der Waals surface area contributed by atoms with Crippen LogP contribution in [0.2, 0.25) is 0 Å². The van der Waals surface area contributed by atoms with Crippen molar-refractivity contribution in [2.45, 2.75) is 12.8 Å². The Balaban J connectivity index is 2.98. The molecule has 3 N–H and O–H groups in total. The van der Waals surface area contributed by atoms with E-state index in [4.69, 9.17) is 10.5 Å². The second kappa shape index (κ2) is 5.22. The molecule has 1 aromatic carbocycles. The van der Waals surface area contributed by atoms with Gasteiger partial charge in [-0.3, -0.25) is 0 Å². The minimum absolute atomic E-state index is 0.193. The maximum Gasteiger partial charge on any atom is 0.139 e. The molecule has 0 heterocycles. The normalized spacial score (nSPS) is 10.2. The minimum atomic E-state index is 0.193. The molecule has 1 aromatic rings. The highest BCUT2D eigenvalue weighted by Crippen LogP contribution is 2.36. The van der Waals surface area contributed by atoms with Crippen LogP contribution in [0.15, 0.2) is 16.6 Å². The highest BCUT2D eigenvalue weighted by atomic mass is 79.9. The second-order valence-electron chi connectivity index (χ2n) is 2.98. The van der Waals surface area contributed by atoms with Crippen LogP contribution in [0, 0.1) is 0 Å². The van der Waals surface area contributed by atoms with Crippen LogP contribution < -0.4 is 10.5 Å². The Labute approximate surface area is 92.0 Å². The van der Waals surface area contributed by atoms with Gasteiger partial charge in [0.1, 0.15) is 16.0 Å². The van der Waals surface area contributed by atoms with E-state index >= 15 is 0 Å². The van der Waals surface area contributed by atoms with E-state index in [-0.39, 0.29) is 5.75 Å². The van der Waals surface area contributed by atoms with Crippen molar-refractivity contribution < 1.29 is 9.84 Å². The number of halogens is 1. The highest BCUT2D eigenvalue weighted by molar-refractivity contribution is 9.10. The number of phenols is 1. The lowest BCUT2D eigenvalue weighted by Gasteiger charge is -2.10. The lowest BCUT2D eigenvalue weighted by atomic mass is 10.1. The van der Waals surface area contributed by atoms with Crippen molar-refractivity contribution in [3.8, 4) is 11.5 Å². The fourth-order valence-electron chi connectivity index (χ4n) is 1.30. The van der Waals surface area contributed by atoms with E-state index in [1.165, 1.54) is 0 Å². The Morgan fingerprint density at radius 1 is 1.50 bits per heavy atom. The molecule has 0 atom stereocenters. The maximum atomic E-state index is 9.43. The number of rotatable bonds is 4. The van der Waals surface area contributed by atoms with Crippen molar-refractivity contribution in [3.63, 3.8) is 0 Å². The van der Waals surface area contributed by atoms with Crippen molar-refractivity contribution in [1.82, 2.24) is 0 Å². The molecule has 0 amide bonds. The predicted octanol–water partition coefficient (Wildman–Crippen LogP) is 2.05. The zero-order chi connectivity index (χ0) is 10.6. The monoisotopic (exact) mass is 259 g/mol. The minimum Gasteiger partial charge on any atom is -0.507 e. The lowest BCUT2D eigenvalue weighted by Crippen LogP contribution is -2.01. The molecule has 0 spiro atoms. The van der Waals surface area contributed by atoms with E-state index in [0.717, 1.165) is 18.4 Å². The van der Waals surface area contributed by atoms with Crippen molar-refractivity contribution >= 4 is 15.9 Å². The molecule has 0 unspecified atom stereocenters. The lowest BCUT2D eigenvalue weighted by molar-refractivity contribution is 0.398. The first kappa shape index (κ1) is 11.3. The van der Waals surface area contributed by atoms with Gasteiger partial charge in [0.15, 0.2) is 0 Å². The number of aryl methyl sites for hydroxylation is 1. The van der Waals surface area contributed by atoms with Crippen molar-refractivity contribution in [2.24, 2.45) is 5.73 Å². The fourth-order valence-corrected chi connectivity index (χ4v) is 1.84. The van der Waals surface area contributed by atoms with Gasteiger partial charge in [0.25, 0.3) is 0 Å². The largest absolute Gasteiger partial charge is 0.507 e. The number of methoxy groups -OCH3 is 1. The number of nitrogens with two attached hydrogens (primary N) is 1. The highest BCUT2D eigenvalue weighted by Gasteiger charge is 2.10. The molecule has 4 heteroatoms. The van der Waals surface area contributed by atoms with Crippen LogP contribution in [0.3, 0.4) is 0 Å². The van der Waals surface area contributed by atoms with Gasteiger partial charge in [-0.05, 0) is 46.9 Å². The van der Waals surface area contributed by atoms with E-state index in [9.17, 15) is 5.11 Å². The van der Waals surface area contributed by atoms with E-state index < -0.39 is 0 Å². The van der Waals surface area contributed by atoms with Crippen LogP contribution in [0.25, 0.3) is 0 Å². The molecule has 0 aliphatic rings. The van der Waals surface area contributed by atoms with Crippen LogP contribution in [-0.4, -0.2) is 18.8 Å². The summed E-state index contributed by atoms with van der Waals surface area (Å²) < 4.78 is 5.81. The van der Waals surface area contributed by atoms with Crippen LogP contribution in [-0.2, 0) is 6.42 Å². The third-order valence-corrected chi connectivity index (χ3v) is 2.78. The van der Waals surface area contributed by atoms with Crippen molar-refractivity contribution in [1.29, 1.82) is 0 Å². The Morgan fingerprint density at radius 3 is 2.79 bits per heavy atom. The van der Waals surface area contributed by atoms with E-state index in [1.54, 1.807) is 13.2 Å². The number of hydrogen-bond donors (Lipinski definition) is 2. The molecule has 1 rings (SSSR count). The second-order valence-corrected chi connectivity index (χ2v) is 3.78. The first-order valence-corrected chi connectivity index (χ1v) is 5.24. The fraction of sp³-hybridized carbons (Fsp3) is 0.400. The zero-order valence-corrected chi connectivity index (χ0v) is 9.67. The molecular weight excluding hydrogens is 246 g/mol. The summed E-state index contributed by atoms with van der Waals surface area (Å²) in [5, 5.41) is 9.43. The van der Waals surface area contributed by atoms with Crippen molar-refractivity contribution in [2.75, 3.05) is 13.7 Å². The van der Waals surface area contributed by atoms with Gasteiger partial charge >= 0.3 is 0 Å². The molecule has 0 bridgehead atoms. The molecule has 0 fully saturated rings. The average Bonchev–Trinajstić information content (AvgIpc) is 2.20. The number of phenolic OH excluding ortho intramolecular Hbond substituents is 1. The van der Waals surface area contributed by atoms with E-state index in [2.05, 4.69) is 15.9 Å². The van der Waals surface area contributed by atoms with Gasteiger partial charge in [-0.2, -0.15) is 0 Å². The van der Waals surface area contributed by atoms with Gasteiger partial charge < -0.3 is 15.6 Å². The summed E-state index contributed by atoms with van der Waals surface area (Å²) in [7, 11) is 1.59. The Bertz CT molecular complexity index is 315. The summed E-state index contributed by atoms with van der Waals surface area (Å²) in [5.41, 5.74) is 6.49. The average molecular weight is 260 g/mol. The van der Waals surface area contributed by atoms with Crippen LogP contribution in [0.1, 0.15) is 12.0 Å². The molecule has 0 saturated carbocycles. The molecule has 0 aromatic heterocycles. The summed E-state index contributed by atoms with van der Waals surface area (Å²) in [6, 6.07) is 3.51. The van der Waals surface area contributed by atoms with Crippen molar-refractivity contribution in [3.05, 3.63) is 22.2 Å². The molecule has 0 aliphatic heterocycles. The predicted molar refractivity (Wildman–Crippen MR) is 59.7 cm³/mol. The SMILES string of the molecule is COc1c(CCCN)ccc(O)c1Br. The topological polar surface area (TPSA) is 55.5 Å². The Kier molecular flexibility index (Phi) is 4.22. The number of ether oxygens (including phenoxy) is 1. The zero-order valence-electron chi connectivity index (χ0n) is 8.09. The van der Waals surface area contributed by atoms with Gasteiger partial charge in [-0.15, -0.1) is 0 Å². The number of aromatic hydroxyl groups is 1. The quantitative estimate of drug-likeness (QED) is 0.871. The van der Waals surface area contributed by atoms with E-state index in [1.807, 2.05) is 6.07 Å². The molecule has 0 aliphatic carbocycles. The van der Waals surface area contributed by atoms with Gasteiger partial charge in [-0.25, -0.2) is 0 Å². The molecular formula is C10H14BrNO2. The molecule has 14 heavy (non-hydrogen) atoms. The van der Waals surface area contributed by atoms with Crippen LogP contribution in [0.5, 0.6) is 11.5 Å². The standard InChI is InChI=1S/C10H14BrNO2/c1-14-10-7(3-2-6-12)4-5-8(13)9(10)11/h4-5,13H,2-3,6,12H2,1H3. The summed E-state index contributed by atoms with van der Waals surface area (Å²) in [6.45, 7) is 0.654. The number of benzene rings is 1. The summed E-state index contributed by atoms with van der Waals surface area (Å²) >= 11 is 3.28. The third kappa shape index (κ3) is 2.39. The third-order valence-electron chi connectivity index (χ3n) is 2.01. The number of hydrogen-bond acceptors (Lipinski definition) is 3. The van der Waals surface area contributed by atoms with Crippen LogP contribution >= 0.6 is 15.9 Å². The maximum absolute atomic E-state index is 9.43. The molecule has 0 saturated heterocycles. The smallest absolute Gasteiger partial charge is 0.139 e. The summed E-state index contributed by atoms with van der Waals surface area (Å²) in [5.74, 6) is 0.886. The Morgan fingerprint density at radius 2 is 2.21 bits per heavy atom. The van der Waals surface area contributed by atoms with Crippen LogP contribution in [0.4, 0.5) is 0 Å². The van der Waals surface area contributed by atoms with Gasteiger partial charge in [0.2, 0.25) is 0 Å². The molecule has 3 nitrogen and oxygen atoms in total. The molecule has 0 radical (unpaired) electrons. The van der Waals surface area contributed by atoms with E-state index in [0.29, 0.717) is 16.8 Å². The van der Waals surface area contributed by atoms with Gasteiger partial charge in [-0.1, -0.05) is 6.07 Å². The first-order chi connectivity index (χ1) is 6.70. The van der Waals surface area contributed by atoms with Gasteiger partial charge in [0.05, 0.1) is 7.11 Å². The molecule has 78 valence electrons. The van der Waals surface area contributed by atoms with Gasteiger partial charge in [0, 0.05) is 0 Å².